The van der Waals surface area contributed by atoms with Crippen molar-refractivity contribution in [1.82, 2.24) is 19.5 Å². The quantitative estimate of drug-likeness (QED) is 0.510. The molecule has 1 spiro atoms. The molecule has 6 rings (SSSR count). The number of carbonyl (C=O) groups excluding carboxylic acids is 2. The van der Waals surface area contributed by atoms with E-state index in [9.17, 15) is 28.3 Å². The van der Waals surface area contributed by atoms with Gasteiger partial charge in [-0.3, -0.25) is 24.2 Å². The Hall–Kier alpha value is -4.16. The zero-order valence-corrected chi connectivity index (χ0v) is 21.6. The number of hydrogen-bond acceptors (Lipinski definition) is 7. The summed E-state index contributed by atoms with van der Waals surface area (Å²) in [6, 6.07) is 7.47. The molecule has 2 fully saturated rings. The van der Waals surface area contributed by atoms with E-state index in [0.717, 1.165) is 6.07 Å². The molecule has 4 atom stereocenters. The molecule has 2 saturated heterocycles. The molecule has 0 radical (unpaired) electrons. The number of rotatable bonds is 4. The molecule has 10 nitrogen and oxygen atoms in total. The second kappa shape index (κ2) is 9.49. The molecule has 3 N–H and O–H groups in total. The third-order valence-corrected chi connectivity index (χ3v) is 8.33. The number of amides is 2. The van der Waals surface area contributed by atoms with E-state index >= 15 is 0 Å². The van der Waals surface area contributed by atoms with Gasteiger partial charge in [0.1, 0.15) is 22.8 Å². The summed E-state index contributed by atoms with van der Waals surface area (Å²) in [5, 5.41) is 12.4. The Morgan fingerprint density at radius 1 is 1.25 bits per heavy atom. The van der Waals surface area contributed by atoms with Gasteiger partial charge in [-0.1, -0.05) is 12.1 Å². The van der Waals surface area contributed by atoms with Crippen LogP contribution < -0.4 is 11.2 Å². The first-order chi connectivity index (χ1) is 19.1. The maximum Gasteiger partial charge on any atom is 0.274 e. The molecule has 1 aromatic carbocycles. The normalized spacial score (nSPS) is 26.1. The molecule has 3 aromatic rings. The van der Waals surface area contributed by atoms with Crippen molar-refractivity contribution >= 4 is 11.8 Å². The minimum Gasteiger partial charge on any atom is -0.503 e. The van der Waals surface area contributed by atoms with Gasteiger partial charge in [0.25, 0.3) is 11.8 Å². The zero-order chi connectivity index (χ0) is 28.3. The second-order valence-electron chi connectivity index (χ2n) is 10.6. The molecule has 2 aromatic heterocycles. The lowest BCUT2D eigenvalue weighted by Crippen LogP contribution is -2.52. The molecule has 3 aliphatic heterocycles. The SMILES string of the molecule is C[C@H]1CC[C@]2(CC(c3ccccn3)N(Cc3ccc(F)cc3F)O2)[C@H]2CN1C(=O)c1c(O)c(=O)c(C(N)=O)cn12. The minimum absolute atomic E-state index is 0.0190. The monoisotopic (exact) mass is 551 g/mol. The first-order valence-electron chi connectivity index (χ1n) is 13.0. The highest BCUT2D eigenvalue weighted by molar-refractivity contribution is 5.99. The molecule has 3 aliphatic rings. The minimum atomic E-state index is -1.03. The second-order valence-corrected chi connectivity index (χ2v) is 10.6. The van der Waals surface area contributed by atoms with Gasteiger partial charge in [-0.05, 0) is 38.0 Å². The zero-order valence-electron chi connectivity index (χ0n) is 21.6. The summed E-state index contributed by atoms with van der Waals surface area (Å²) in [5.41, 5.74) is 3.63. The molecule has 5 heterocycles. The van der Waals surface area contributed by atoms with Crippen LogP contribution >= 0.6 is 0 Å². The van der Waals surface area contributed by atoms with E-state index in [2.05, 4.69) is 4.98 Å². The van der Waals surface area contributed by atoms with Gasteiger partial charge >= 0.3 is 0 Å². The summed E-state index contributed by atoms with van der Waals surface area (Å²) in [6.07, 6.45) is 4.23. The molecule has 2 amide bonds. The van der Waals surface area contributed by atoms with Gasteiger partial charge in [0.05, 0.1) is 24.3 Å². The van der Waals surface area contributed by atoms with Gasteiger partial charge in [0, 0.05) is 43.0 Å². The van der Waals surface area contributed by atoms with Crippen molar-refractivity contribution in [2.45, 2.75) is 56.5 Å². The van der Waals surface area contributed by atoms with Crippen molar-refractivity contribution in [3.8, 4) is 5.75 Å². The van der Waals surface area contributed by atoms with Crippen molar-refractivity contribution in [2.75, 3.05) is 6.54 Å². The van der Waals surface area contributed by atoms with Crippen LogP contribution in [-0.2, 0) is 11.4 Å². The standard InChI is InChI=1S/C28H27F2N5O5/c1-15-7-8-28(22-14-33(15)27(39)23-25(37)24(36)18(26(31)38)13-34(22)23)11-21(20-4-2-3-9-32-20)35(40-28)12-16-5-6-17(29)10-19(16)30/h2-6,9-10,13,15,21-22,37H,7-8,11-12,14H2,1H3,(H2,31,38)/t15-,21?,22+,28-/m0/s1. The van der Waals surface area contributed by atoms with Crippen LogP contribution in [0.3, 0.4) is 0 Å². The summed E-state index contributed by atoms with van der Waals surface area (Å²) >= 11 is 0. The van der Waals surface area contributed by atoms with Crippen LogP contribution in [0.15, 0.2) is 53.6 Å². The van der Waals surface area contributed by atoms with Crippen LogP contribution in [0.2, 0.25) is 0 Å². The first-order valence-corrected chi connectivity index (χ1v) is 13.0. The number of aromatic hydroxyl groups is 1. The number of primary amides is 1. The molecule has 1 unspecified atom stereocenters. The van der Waals surface area contributed by atoms with Gasteiger partial charge < -0.3 is 20.3 Å². The number of carbonyl (C=O) groups is 2. The fourth-order valence-electron chi connectivity index (χ4n) is 6.22. The maximum absolute atomic E-state index is 14.7. The number of nitrogens with two attached hydrogens (primary N) is 1. The van der Waals surface area contributed by atoms with E-state index in [1.54, 1.807) is 22.2 Å². The molecule has 12 heteroatoms. The Kier molecular flexibility index (Phi) is 6.19. The molecular weight excluding hydrogens is 524 g/mol. The smallest absolute Gasteiger partial charge is 0.274 e. The van der Waals surface area contributed by atoms with Crippen LogP contribution in [-0.4, -0.2) is 54.6 Å². The average Bonchev–Trinajstić information content (AvgIpc) is 3.24. The summed E-state index contributed by atoms with van der Waals surface area (Å²) < 4.78 is 29.8. The molecular formula is C28H27F2N5O5. The van der Waals surface area contributed by atoms with Gasteiger partial charge in [-0.2, -0.15) is 5.06 Å². The fraction of sp³-hybridized carbons (Fsp3) is 0.357. The van der Waals surface area contributed by atoms with E-state index in [4.69, 9.17) is 10.6 Å². The molecule has 2 bridgehead atoms. The fourth-order valence-corrected chi connectivity index (χ4v) is 6.22. The van der Waals surface area contributed by atoms with Gasteiger partial charge in [-0.15, -0.1) is 0 Å². The third kappa shape index (κ3) is 4.06. The Bertz CT molecular complexity index is 1580. The number of fused-ring (bicyclic) bond motifs is 5. The topological polar surface area (TPSA) is 131 Å². The van der Waals surface area contributed by atoms with Gasteiger partial charge in [-0.25, -0.2) is 8.78 Å². The number of aromatic nitrogens is 2. The average molecular weight is 552 g/mol. The van der Waals surface area contributed by atoms with Crippen LogP contribution in [0.5, 0.6) is 5.75 Å². The molecule has 0 aliphatic carbocycles. The summed E-state index contributed by atoms with van der Waals surface area (Å²) in [6.45, 7) is 2.05. The van der Waals surface area contributed by atoms with Gasteiger partial charge in [0.2, 0.25) is 5.43 Å². The number of nitrogens with zero attached hydrogens (tertiary/aromatic N) is 4. The van der Waals surface area contributed by atoms with E-state index in [0.29, 0.717) is 25.0 Å². The predicted octanol–water partition coefficient (Wildman–Crippen LogP) is 2.82. The molecule has 0 saturated carbocycles. The summed E-state index contributed by atoms with van der Waals surface area (Å²) in [7, 11) is 0. The predicted molar refractivity (Wildman–Crippen MR) is 137 cm³/mol. The van der Waals surface area contributed by atoms with Crippen LogP contribution in [0, 0.1) is 11.6 Å². The van der Waals surface area contributed by atoms with E-state index in [1.807, 2.05) is 19.1 Å². The first kappa shape index (κ1) is 26.1. The van der Waals surface area contributed by atoms with Crippen molar-refractivity contribution in [2.24, 2.45) is 5.73 Å². The number of hydrogen-bond donors (Lipinski definition) is 2. The highest BCUT2D eigenvalue weighted by Gasteiger charge is 2.57. The maximum atomic E-state index is 14.7. The van der Waals surface area contributed by atoms with E-state index in [-0.39, 0.29) is 30.4 Å². The Morgan fingerprint density at radius 3 is 2.75 bits per heavy atom. The van der Waals surface area contributed by atoms with Crippen LogP contribution in [0.25, 0.3) is 0 Å². The van der Waals surface area contributed by atoms with Crippen molar-refractivity contribution in [1.29, 1.82) is 0 Å². The molecule has 40 heavy (non-hydrogen) atoms. The highest BCUT2D eigenvalue weighted by atomic mass is 19.1. The largest absolute Gasteiger partial charge is 0.503 e. The van der Waals surface area contributed by atoms with Gasteiger partial charge in [0.15, 0.2) is 11.4 Å². The van der Waals surface area contributed by atoms with Crippen LogP contribution in [0.1, 0.15) is 70.4 Å². The summed E-state index contributed by atoms with van der Waals surface area (Å²) in [4.78, 5) is 51.1. The third-order valence-electron chi connectivity index (χ3n) is 8.33. The van der Waals surface area contributed by atoms with E-state index in [1.165, 1.54) is 22.9 Å². The highest BCUT2D eigenvalue weighted by Crippen LogP contribution is 2.52. The van der Waals surface area contributed by atoms with Crippen LogP contribution in [0.4, 0.5) is 8.78 Å². The number of benzene rings is 1. The lowest BCUT2D eigenvalue weighted by Gasteiger charge is -2.42. The lowest BCUT2D eigenvalue weighted by atomic mass is 9.82. The van der Waals surface area contributed by atoms with Crippen molar-refractivity contribution in [3.63, 3.8) is 0 Å². The van der Waals surface area contributed by atoms with E-state index < -0.39 is 57.9 Å². The summed E-state index contributed by atoms with van der Waals surface area (Å²) in [5.74, 6) is -3.82. The molecule has 208 valence electrons. The van der Waals surface area contributed by atoms with Crippen molar-refractivity contribution in [3.05, 3.63) is 93.2 Å². The number of halogens is 2. The van der Waals surface area contributed by atoms with Crippen molar-refractivity contribution < 1.29 is 28.3 Å². The Labute approximate surface area is 227 Å². The Balaban J connectivity index is 1.50. The Morgan fingerprint density at radius 2 is 2.05 bits per heavy atom. The number of pyridine rings is 2. The number of hydroxylamine groups is 2. The lowest BCUT2D eigenvalue weighted by molar-refractivity contribution is -0.228.